The molecule has 0 unspecified atom stereocenters. The Morgan fingerprint density at radius 3 is 2.58 bits per heavy atom. The van der Waals surface area contributed by atoms with E-state index in [1.807, 2.05) is 19.1 Å². The lowest BCUT2D eigenvalue weighted by Gasteiger charge is -2.26. The number of halogens is 1. The highest BCUT2D eigenvalue weighted by atomic mass is 79.9. The van der Waals surface area contributed by atoms with Crippen molar-refractivity contribution in [3.63, 3.8) is 0 Å². The van der Waals surface area contributed by atoms with Crippen LogP contribution in [-0.2, 0) is 14.8 Å². The van der Waals surface area contributed by atoms with Gasteiger partial charge in [-0.3, -0.25) is 4.79 Å². The standard InChI is InChI=1S/C18H19BrN2O4S/c1-13-11-15(19)5-6-17(13)20-18(22)14-3-2-4-16(12-14)26(23,24)21-7-9-25-10-8-21/h2-6,11-12H,7-10H2,1H3,(H,20,22). The van der Waals surface area contributed by atoms with Crippen molar-refractivity contribution < 1.29 is 17.9 Å². The first-order valence-electron chi connectivity index (χ1n) is 8.13. The quantitative estimate of drug-likeness (QED) is 0.795. The van der Waals surface area contributed by atoms with E-state index in [-0.39, 0.29) is 10.8 Å². The summed E-state index contributed by atoms with van der Waals surface area (Å²) in [4.78, 5) is 12.7. The largest absolute Gasteiger partial charge is 0.379 e. The van der Waals surface area contributed by atoms with Crippen molar-refractivity contribution >= 4 is 37.5 Å². The molecule has 1 saturated heterocycles. The number of nitrogens with zero attached hydrogens (tertiary/aromatic N) is 1. The highest BCUT2D eigenvalue weighted by molar-refractivity contribution is 9.10. The molecule has 0 aliphatic carbocycles. The fourth-order valence-corrected chi connectivity index (χ4v) is 4.63. The van der Waals surface area contributed by atoms with Crippen LogP contribution in [-0.4, -0.2) is 44.9 Å². The van der Waals surface area contributed by atoms with Gasteiger partial charge in [0.2, 0.25) is 10.0 Å². The highest BCUT2D eigenvalue weighted by Crippen LogP contribution is 2.22. The molecule has 1 amide bonds. The first kappa shape index (κ1) is 19.0. The molecule has 2 aromatic carbocycles. The highest BCUT2D eigenvalue weighted by Gasteiger charge is 2.26. The van der Waals surface area contributed by atoms with Crippen molar-refractivity contribution in [2.24, 2.45) is 0 Å². The minimum absolute atomic E-state index is 0.111. The van der Waals surface area contributed by atoms with E-state index < -0.39 is 10.0 Å². The Morgan fingerprint density at radius 1 is 1.15 bits per heavy atom. The average Bonchev–Trinajstić information content (AvgIpc) is 2.65. The van der Waals surface area contributed by atoms with E-state index in [9.17, 15) is 13.2 Å². The number of carbonyl (C=O) groups is 1. The molecule has 26 heavy (non-hydrogen) atoms. The monoisotopic (exact) mass is 438 g/mol. The number of morpholine rings is 1. The molecule has 1 heterocycles. The number of rotatable bonds is 4. The molecule has 0 bridgehead atoms. The fraction of sp³-hybridized carbons (Fsp3) is 0.278. The predicted octanol–water partition coefficient (Wildman–Crippen LogP) is 3.03. The van der Waals surface area contributed by atoms with Gasteiger partial charge in [-0.05, 0) is 48.9 Å². The first-order valence-corrected chi connectivity index (χ1v) is 10.4. The van der Waals surface area contributed by atoms with Crippen LogP contribution in [0.4, 0.5) is 5.69 Å². The van der Waals surface area contributed by atoms with Crippen LogP contribution in [0.2, 0.25) is 0 Å². The van der Waals surface area contributed by atoms with Gasteiger partial charge in [-0.25, -0.2) is 8.42 Å². The first-order chi connectivity index (χ1) is 12.4. The summed E-state index contributed by atoms with van der Waals surface area (Å²) >= 11 is 3.38. The molecule has 6 nitrogen and oxygen atoms in total. The van der Waals surface area contributed by atoms with Gasteiger partial charge < -0.3 is 10.1 Å². The summed E-state index contributed by atoms with van der Waals surface area (Å²) in [6, 6.07) is 11.6. The predicted molar refractivity (Wildman–Crippen MR) is 103 cm³/mol. The zero-order chi connectivity index (χ0) is 18.7. The van der Waals surface area contributed by atoms with E-state index in [0.717, 1.165) is 10.0 Å². The van der Waals surface area contributed by atoms with Gasteiger partial charge in [-0.15, -0.1) is 0 Å². The summed E-state index contributed by atoms with van der Waals surface area (Å²) in [5.41, 5.74) is 1.88. The van der Waals surface area contributed by atoms with E-state index in [4.69, 9.17) is 4.74 Å². The van der Waals surface area contributed by atoms with Gasteiger partial charge in [-0.1, -0.05) is 22.0 Å². The number of sulfonamides is 1. The Bertz CT molecular complexity index is 925. The maximum Gasteiger partial charge on any atom is 0.255 e. The molecule has 0 radical (unpaired) electrons. The molecule has 3 rings (SSSR count). The topological polar surface area (TPSA) is 75.7 Å². The van der Waals surface area contributed by atoms with Gasteiger partial charge in [0.05, 0.1) is 18.1 Å². The Morgan fingerprint density at radius 2 is 1.88 bits per heavy atom. The summed E-state index contributed by atoms with van der Waals surface area (Å²) < 4.78 is 33.0. The number of ether oxygens (including phenoxy) is 1. The second-order valence-corrected chi connectivity index (χ2v) is 8.81. The molecule has 0 atom stereocenters. The number of benzene rings is 2. The third kappa shape index (κ3) is 4.15. The van der Waals surface area contributed by atoms with Crippen molar-refractivity contribution in [2.75, 3.05) is 31.6 Å². The van der Waals surface area contributed by atoms with Crippen LogP contribution in [0.3, 0.4) is 0 Å². The minimum atomic E-state index is -3.64. The second-order valence-electron chi connectivity index (χ2n) is 5.96. The molecular weight excluding hydrogens is 420 g/mol. The molecule has 138 valence electrons. The maximum absolute atomic E-state index is 12.7. The van der Waals surface area contributed by atoms with Gasteiger partial charge in [0.1, 0.15) is 0 Å². The smallest absolute Gasteiger partial charge is 0.255 e. The minimum Gasteiger partial charge on any atom is -0.379 e. The van der Waals surface area contributed by atoms with Crippen LogP contribution in [0.5, 0.6) is 0 Å². The number of anilines is 1. The molecule has 1 aliphatic rings. The summed E-state index contributed by atoms with van der Waals surface area (Å²) in [5, 5.41) is 2.82. The molecule has 0 spiro atoms. The molecule has 1 N–H and O–H groups in total. The third-order valence-corrected chi connectivity index (χ3v) is 6.53. The normalized spacial score (nSPS) is 15.6. The molecule has 0 saturated carbocycles. The van der Waals surface area contributed by atoms with Crippen molar-refractivity contribution in [1.82, 2.24) is 4.31 Å². The fourth-order valence-electron chi connectivity index (χ4n) is 2.70. The van der Waals surface area contributed by atoms with Gasteiger partial charge in [0.15, 0.2) is 0 Å². The number of aryl methyl sites for hydroxylation is 1. The Hall–Kier alpha value is -1.74. The molecular formula is C18H19BrN2O4S. The molecule has 2 aromatic rings. The second kappa shape index (κ2) is 7.87. The van der Waals surface area contributed by atoms with Gasteiger partial charge in [0, 0.05) is 28.8 Å². The molecule has 1 aliphatic heterocycles. The number of carbonyl (C=O) groups excluding carboxylic acids is 1. The number of hydrogen-bond acceptors (Lipinski definition) is 4. The lowest BCUT2D eigenvalue weighted by Crippen LogP contribution is -2.40. The molecule has 1 fully saturated rings. The molecule has 8 heteroatoms. The van der Waals surface area contributed by atoms with E-state index in [0.29, 0.717) is 37.6 Å². The van der Waals surface area contributed by atoms with Crippen LogP contribution in [0.15, 0.2) is 51.8 Å². The SMILES string of the molecule is Cc1cc(Br)ccc1NC(=O)c1cccc(S(=O)(=O)N2CCOCC2)c1. The van der Waals surface area contributed by atoms with Crippen molar-refractivity contribution in [3.8, 4) is 0 Å². The summed E-state index contributed by atoms with van der Waals surface area (Å²) in [6.45, 7) is 3.28. The van der Waals surface area contributed by atoms with Crippen LogP contribution in [0, 0.1) is 6.92 Å². The zero-order valence-electron chi connectivity index (χ0n) is 14.2. The Balaban J connectivity index is 1.83. The van der Waals surface area contributed by atoms with E-state index in [1.54, 1.807) is 18.2 Å². The Kier molecular flexibility index (Phi) is 5.76. The number of nitrogens with one attached hydrogen (secondary N) is 1. The van der Waals surface area contributed by atoms with Gasteiger partial charge >= 0.3 is 0 Å². The van der Waals surface area contributed by atoms with Crippen molar-refractivity contribution in [1.29, 1.82) is 0 Å². The number of hydrogen-bond donors (Lipinski definition) is 1. The summed E-state index contributed by atoms with van der Waals surface area (Å²) in [7, 11) is -3.64. The third-order valence-electron chi connectivity index (χ3n) is 4.14. The van der Waals surface area contributed by atoms with Crippen molar-refractivity contribution in [2.45, 2.75) is 11.8 Å². The van der Waals surface area contributed by atoms with Crippen LogP contribution in [0.25, 0.3) is 0 Å². The molecule has 0 aromatic heterocycles. The lowest BCUT2D eigenvalue weighted by molar-refractivity contribution is 0.0730. The number of amides is 1. The van der Waals surface area contributed by atoms with E-state index >= 15 is 0 Å². The van der Waals surface area contributed by atoms with Gasteiger partial charge in [-0.2, -0.15) is 4.31 Å². The van der Waals surface area contributed by atoms with E-state index in [1.165, 1.54) is 16.4 Å². The van der Waals surface area contributed by atoms with E-state index in [2.05, 4.69) is 21.2 Å². The maximum atomic E-state index is 12.7. The zero-order valence-corrected chi connectivity index (χ0v) is 16.6. The van der Waals surface area contributed by atoms with Crippen LogP contribution < -0.4 is 5.32 Å². The lowest BCUT2D eigenvalue weighted by atomic mass is 10.1. The van der Waals surface area contributed by atoms with Crippen LogP contribution >= 0.6 is 15.9 Å². The summed E-state index contributed by atoms with van der Waals surface area (Å²) in [5.74, 6) is -0.352. The average molecular weight is 439 g/mol. The Labute approximate surface area is 161 Å². The van der Waals surface area contributed by atoms with Crippen LogP contribution in [0.1, 0.15) is 15.9 Å². The van der Waals surface area contributed by atoms with Gasteiger partial charge in [0.25, 0.3) is 5.91 Å². The summed E-state index contributed by atoms with van der Waals surface area (Å²) in [6.07, 6.45) is 0. The van der Waals surface area contributed by atoms with Crippen molar-refractivity contribution in [3.05, 3.63) is 58.1 Å².